The number of nitrogens with zero attached hydrogens (tertiary/aromatic N) is 2. The van der Waals surface area contributed by atoms with E-state index in [1.165, 1.54) is 6.07 Å². The minimum absolute atomic E-state index is 0.0481. The molecule has 0 saturated heterocycles. The molecule has 6 N–H and O–H groups in total. The summed E-state index contributed by atoms with van der Waals surface area (Å²) in [7, 11) is 3.33. The number of aliphatic hydroxyl groups is 3. The molecule has 4 atom stereocenters. The number of phenolic OH excluding ortho intramolecular Hbond substituents is 1. The molecule has 0 bridgehead atoms. The molecule has 1 aromatic carbocycles. The van der Waals surface area contributed by atoms with Crippen molar-refractivity contribution in [3.05, 3.63) is 40.2 Å². The molecule has 0 aliphatic heterocycles. The average molecular weight is 504 g/mol. The highest BCUT2D eigenvalue weighted by Crippen LogP contribution is 2.49. The van der Waals surface area contributed by atoms with E-state index >= 15 is 0 Å². The molecule has 2 aliphatic carbocycles. The number of allylic oxidation sites excluding steroid dienone is 1. The Morgan fingerprint density at radius 2 is 1.83 bits per heavy atom. The number of phenols is 1. The van der Waals surface area contributed by atoms with E-state index in [1.54, 1.807) is 25.1 Å². The number of aliphatic hydroxyl groups excluding tert-OH is 2. The first kappa shape index (κ1) is 27.8. The van der Waals surface area contributed by atoms with Gasteiger partial charge in [0.15, 0.2) is 17.2 Å². The molecule has 198 valence electrons. The van der Waals surface area contributed by atoms with Gasteiger partial charge in [-0.05, 0) is 63.1 Å². The van der Waals surface area contributed by atoms with Crippen LogP contribution in [0.25, 0.3) is 0 Å². The molecule has 10 nitrogen and oxygen atoms in total. The fraction of sp³-hybridized carbons (Fsp3) is 0.577. The number of benzene rings is 1. The normalized spacial score (nSPS) is 24.6. The Morgan fingerprint density at radius 3 is 2.36 bits per heavy atom. The van der Waals surface area contributed by atoms with Crippen LogP contribution in [0.15, 0.2) is 23.5 Å². The maximum absolute atomic E-state index is 13.7. The molecule has 1 unspecified atom stereocenters. The van der Waals surface area contributed by atoms with Crippen LogP contribution in [0.2, 0.25) is 0 Å². The number of carbonyl (C=O) groups excluding carboxylic acids is 3. The van der Waals surface area contributed by atoms with Gasteiger partial charge in [0.25, 0.3) is 0 Å². The van der Waals surface area contributed by atoms with E-state index in [-0.39, 0.29) is 23.3 Å². The van der Waals surface area contributed by atoms with Crippen molar-refractivity contribution in [1.82, 2.24) is 9.80 Å². The third-order valence-electron chi connectivity index (χ3n) is 7.77. The third-order valence-corrected chi connectivity index (χ3v) is 7.77. The molecule has 3 rings (SSSR count). The zero-order valence-corrected chi connectivity index (χ0v) is 21.3. The van der Waals surface area contributed by atoms with Crippen molar-refractivity contribution in [3.8, 4) is 5.75 Å². The van der Waals surface area contributed by atoms with Gasteiger partial charge in [-0.25, -0.2) is 0 Å². The molecule has 0 radical (unpaired) electrons. The highest BCUT2D eigenvalue weighted by Gasteiger charge is 2.58. The molecule has 1 aromatic rings. The van der Waals surface area contributed by atoms with Crippen LogP contribution in [0, 0.1) is 11.8 Å². The first-order valence-electron chi connectivity index (χ1n) is 12.3. The standard InChI is InChI=1S/C26H37N3O7/c1-5-29(6-2)12-14-7-8-19(31)23-16(14)9-15-10-17(18(13-30)28(3)4)26(36,20(32)11-21(27)33)25(35)22(15)24(23)34/h7-8,15,17-18,30-31,35-36H,5-6,9-13H2,1-4H3,(H2,27,33)/t15-,17-,18?,26+/m0/s1. The first-order chi connectivity index (χ1) is 16.9. The minimum atomic E-state index is -2.60. The lowest BCUT2D eigenvalue weighted by Gasteiger charge is -2.47. The van der Waals surface area contributed by atoms with Gasteiger partial charge in [0, 0.05) is 24.1 Å². The molecule has 0 spiro atoms. The largest absolute Gasteiger partial charge is 0.508 e. The minimum Gasteiger partial charge on any atom is -0.508 e. The van der Waals surface area contributed by atoms with Crippen molar-refractivity contribution in [2.75, 3.05) is 33.8 Å². The molecule has 1 amide bonds. The topological polar surface area (TPSA) is 165 Å². The molecule has 0 aromatic heterocycles. The van der Waals surface area contributed by atoms with E-state index in [0.717, 1.165) is 18.7 Å². The number of ketones is 2. The van der Waals surface area contributed by atoms with E-state index in [2.05, 4.69) is 4.90 Å². The number of hydrogen-bond donors (Lipinski definition) is 5. The van der Waals surface area contributed by atoms with E-state index < -0.39 is 59.7 Å². The second-order valence-electron chi connectivity index (χ2n) is 9.94. The van der Waals surface area contributed by atoms with Crippen LogP contribution in [0.4, 0.5) is 0 Å². The molecule has 0 fully saturated rings. The van der Waals surface area contributed by atoms with Crippen LogP contribution in [-0.2, 0) is 22.6 Å². The molecule has 10 heteroatoms. The maximum atomic E-state index is 13.7. The fourth-order valence-corrected chi connectivity index (χ4v) is 5.75. The molecule has 36 heavy (non-hydrogen) atoms. The number of fused-ring (bicyclic) bond motifs is 2. The summed E-state index contributed by atoms with van der Waals surface area (Å²) in [6.07, 6.45) is -0.451. The Hall–Kier alpha value is -2.79. The highest BCUT2D eigenvalue weighted by molar-refractivity contribution is 6.15. The number of aromatic hydroxyl groups is 1. The van der Waals surface area contributed by atoms with Gasteiger partial charge in [-0.15, -0.1) is 0 Å². The predicted molar refractivity (Wildman–Crippen MR) is 132 cm³/mol. The Labute approximate surface area is 211 Å². The maximum Gasteiger partial charge on any atom is 0.225 e. The summed E-state index contributed by atoms with van der Waals surface area (Å²) in [5.41, 5.74) is 4.06. The summed E-state index contributed by atoms with van der Waals surface area (Å²) in [5.74, 6) is -5.35. The van der Waals surface area contributed by atoms with Crippen LogP contribution in [0.1, 0.15) is 48.2 Å². The van der Waals surface area contributed by atoms with Crippen molar-refractivity contribution >= 4 is 17.5 Å². The van der Waals surface area contributed by atoms with Crippen molar-refractivity contribution < 1.29 is 34.8 Å². The summed E-state index contributed by atoms with van der Waals surface area (Å²) >= 11 is 0. The van der Waals surface area contributed by atoms with E-state index in [0.29, 0.717) is 18.5 Å². The summed E-state index contributed by atoms with van der Waals surface area (Å²) in [6.45, 7) is 5.81. The van der Waals surface area contributed by atoms with Gasteiger partial charge >= 0.3 is 0 Å². The van der Waals surface area contributed by atoms with Gasteiger partial charge in [0.1, 0.15) is 11.5 Å². The molecule has 0 heterocycles. The molecule has 0 saturated carbocycles. The number of primary amides is 1. The van der Waals surface area contributed by atoms with Gasteiger partial charge in [0.05, 0.1) is 18.6 Å². The molecular weight excluding hydrogens is 466 g/mol. The zero-order valence-electron chi connectivity index (χ0n) is 21.3. The van der Waals surface area contributed by atoms with Crippen LogP contribution in [0.5, 0.6) is 5.75 Å². The lowest BCUT2D eigenvalue weighted by molar-refractivity contribution is -0.151. The smallest absolute Gasteiger partial charge is 0.225 e. The predicted octanol–water partition coefficient (Wildman–Crippen LogP) is 0.519. The van der Waals surface area contributed by atoms with Gasteiger partial charge in [-0.2, -0.15) is 0 Å². The zero-order chi connectivity index (χ0) is 26.9. The number of carbonyl (C=O) groups is 3. The summed E-state index contributed by atoms with van der Waals surface area (Å²) in [5, 5.41) is 43.7. The SMILES string of the molecule is CCN(CC)Cc1ccc(O)c2c1C[C@H]1C[C@@H](C(CO)N(C)C)[C@@](O)(C(=O)CC(N)=O)C(O)=C1C2=O. The quantitative estimate of drug-likeness (QED) is 0.286. The Bertz CT molecular complexity index is 1080. The van der Waals surface area contributed by atoms with Crippen molar-refractivity contribution in [2.24, 2.45) is 17.6 Å². The lowest BCUT2D eigenvalue weighted by atomic mass is 9.61. The van der Waals surface area contributed by atoms with Crippen LogP contribution < -0.4 is 5.73 Å². The first-order valence-corrected chi connectivity index (χ1v) is 12.3. The van der Waals surface area contributed by atoms with Gasteiger partial charge < -0.3 is 31.1 Å². The fourth-order valence-electron chi connectivity index (χ4n) is 5.75. The van der Waals surface area contributed by atoms with Crippen LogP contribution in [0.3, 0.4) is 0 Å². The number of Topliss-reactive ketones (excluding diaryl/α,β-unsaturated/α-hetero) is 2. The number of amides is 1. The monoisotopic (exact) mass is 503 g/mol. The summed E-state index contributed by atoms with van der Waals surface area (Å²) < 4.78 is 0. The average Bonchev–Trinajstić information content (AvgIpc) is 2.81. The summed E-state index contributed by atoms with van der Waals surface area (Å²) in [4.78, 5) is 42.2. The second kappa shape index (κ2) is 10.7. The Morgan fingerprint density at radius 1 is 1.19 bits per heavy atom. The number of likely N-dealkylation sites (N-methyl/N-ethyl adjacent to an activating group) is 1. The molecule has 2 aliphatic rings. The van der Waals surface area contributed by atoms with E-state index in [9.17, 15) is 34.8 Å². The van der Waals surface area contributed by atoms with Crippen molar-refractivity contribution in [3.63, 3.8) is 0 Å². The number of hydrogen-bond acceptors (Lipinski definition) is 9. The third kappa shape index (κ3) is 4.66. The Balaban J connectivity index is 2.21. The van der Waals surface area contributed by atoms with E-state index in [1.807, 2.05) is 13.8 Å². The van der Waals surface area contributed by atoms with Gasteiger partial charge in [-0.3, -0.25) is 19.3 Å². The number of nitrogens with two attached hydrogens (primary N) is 1. The molecular formula is C26H37N3O7. The Kier molecular flexibility index (Phi) is 8.24. The summed E-state index contributed by atoms with van der Waals surface area (Å²) in [6, 6.07) is 2.47. The lowest BCUT2D eigenvalue weighted by Crippen LogP contribution is -2.60. The second-order valence-corrected chi connectivity index (χ2v) is 9.94. The van der Waals surface area contributed by atoms with Gasteiger partial charge in [-0.1, -0.05) is 19.9 Å². The van der Waals surface area contributed by atoms with Crippen molar-refractivity contribution in [1.29, 1.82) is 0 Å². The highest BCUT2D eigenvalue weighted by atomic mass is 16.3. The van der Waals surface area contributed by atoms with Crippen molar-refractivity contribution in [2.45, 2.75) is 51.3 Å². The van der Waals surface area contributed by atoms with Gasteiger partial charge in [0.2, 0.25) is 5.91 Å². The van der Waals surface area contributed by atoms with Crippen LogP contribution >= 0.6 is 0 Å². The van der Waals surface area contributed by atoms with E-state index in [4.69, 9.17) is 5.73 Å². The van der Waals surface area contributed by atoms with Crippen LogP contribution in [-0.4, -0.2) is 93.1 Å². The number of rotatable bonds is 10.